The van der Waals surface area contributed by atoms with E-state index in [2.05, 4.69) is 20.3 Å². The van der Waals surface area contributed by atoms with E-state index in [0.29, 0.717) is 24.4 Å². The van der Waals surface area contributed by atoms with E-state index in [9.17, 15) is 23.1 Å². The lowest BCUT2D eigenvalue weighted by Gasteiger charge is -2.31. The Balaban J connectivity index is 1.73. The number of anilines is 1. The van der Waals surface area contributed by atoms with Crippen LogP contribution < -0.4 is 10.9 Å². The Morgan fingerprint density at radius 1 is 1.29 bits per heavy atom. The number of ether oxygens (including phenoxy) is 1. The molecule has 4 rings (SSSR count). The molecule has 3 aromatic rings. The van der Waals surface area contributed by atoms with Crippen LogP contribution in [0.3, 0.4) is 0 Å². The van der Waals surface area contributed by atoms with E-state index in [4.69, 9.17) is 4.74 Å². The number of aromatic nitrogens is 3. The summed E-state index contributed by atoms with van der Waals surface area (Å²) < 4.78 is 45.6. The summed E-state index contributed by atoms with van der Waals surface area (Å²) in [5, 5.41) is 14.3. The number of alkyl halides is 2. The van der Waals surface area contributed by atoms with Crippen molar-refractivity contribution in [3.05, 3.63) is 63.0 Å². The third-order valence-corrected chi connectivity index (χ3v) is 5.43. The minimum absolute atomic E-state index is 0.0509. The molecule has 0 aliphatic carbocycles. The Kier molecular flexibility index (Phi) is 5.67. The Hall–Kier alpha value is -2.98. The van der Waals surface area contributed by atoms with Crippen LogP contribution >= 0.6 is 0 Å². The van der Waals surface area contributed by atoms with E-state index >= 15 is 0 Å². The van der Waals surface area contributed by atoms with Crippen LogP contribution in [0, 0.1) is 12.7 Å². The van der Waals surface area contributed by atoms with E-state index in [0.717, 1.165) is 6.07 Å². The molecule has 3 N–H and O–H groups in total. The lowest BCUT2D eigenvalue weighted by Crippen LogP contribution is -2.38. The van der Waals surface area contributed by atoms with Gasteiger partial charge in [0.15, 0.2) is 0 Å². The first kappa shape index (κ1) is 21.3. The average Bonchev–Trinajstić information content (AvgIpc) is 2.72. The maximum atomic E-state index is 14.4. The molecule has 0 bridgehead atoms. The van der Waals surface area contributed by atoms with Crippen LogP contribution in [0.1, 0.15) is 41.8 Å². The predicted octanol–water partition coefficient (Wildman–Crippen LogP) is 3.31. The summed E-state index contributed by atoms with van der Waals surface area (Å²) in [6.07, 6.45) is -2.39. The van der Waals surface area contributed by atoms with Crippen LogP contribution in [0.4, 0.5) is 19.0 Å². The molecule has 0 spiro atoms. The first-order chi connectivity index (χ1) is 14.8. The van der Waals surface area contributed by atoms with Gasteiger partial charge in [-0.1, -0.05) is 18.2 Å². The van der Waals surface area contributed by atoms with Gasteiger partial charge < -0.3 is 20.1 Å². The van der Waals surface area contributed by atoms with Crippen molar-refractivity contribution in [1.29, 1.82) is 0 Å². The number of hydrogen-bond donors (Lipinski definition) is 3. The Morgan fingerprint density at radius 2 is 2.03 bits per heavy atom. The quantitative estimate of drug-likeness (QED) is 0.570. The van der Waals surface area contributed by atoms with Gasteiger partial charge in [-0.25, -0.2) is 23.1 Å². The number of nitrogens with zero attached hydrogens (tertiary/aromatic N) is 2. The van der Waals surface area contributed by atoms with Crippen molar-refractivity contribution >= 4 is 16.9 Å². The molecule has 3 heterocycles. The van der Waals surface area contributed by atoms with Crippen molar-refractivity contribution in [1.82, 2.24) is 15.0 Å². The molecule has 0 atom stereocenters. The number of hydrogen-bond acceptors (Lipinski definition) is 6. The maximum Gasteiger partial charge on any atom is 0.266 e. The molecule has 31 heavy (non-hydrogen) atoms. The minimum atomic E-state index is -2.92. The molecule has 2 aromatic heterocycles. The third-order valence-electron chi connectivity index (χ3n) is 5.43. The fourth-order valence-electron chi connectivity index (χ4n) is 3.74. The summed E-state index contributed by atoms with van der Waals surface area (Å²) in [7, 11) is 0. The zero-order chi connectivity index (χ0) is 22.2. The summed E-state index contributed by atoms with van der Waals surface area (Å²) in [6, 6.07) is 5.33. The molecule has 1 fully saturated rings. The van der Waals surface area contributed by atoms with E-state index in [1.54, 1.807) is 6.92 Å². The van der Waals surface area contributed by atoms with Gasteiger partial charge in [0.25, 0.3) is 12.0 Å². The molecule has 0 radical (unpaired) electrons. The highest BCUT2D eigenvalue weighted by Crippen LogP contribution is 2.32. The van der Waals surface area contributed by atoms with Crippen LogP contribution in [0.15, 0.2) is 29.1 Å². The maximum absolute atomic E-state index is 14.4. The third kappa shape index (κ3) is 4.13. The summed E-state index contributed by atoms with van der Waals surface area (Å²) in [5.41, 5.74) is -2.01. The van der Waals surface area contributed by atoms with Gasteiger partial charge in [0.2, 0.25) is 0 Å². The highest BCUT2D eigenvalue weighted by Gasteiger charge is 2.34. The van der Waals surface area contributed by atoms with Gasteiger partial charge in [-0.3, -0.25) is 4.79 Å². The summed E-state index contributed by atoms with van der Waals surface area (Å²) >= 11 is 0. The molecule has 10 heteroatoms. The zero-order valence-electron chi connectivity index (χ0n) is 16.7. The zero-order valence-corrected chi connectivity index (χ0v) is 16.7. The van der Waals surface area contributed by atoms with Gasteiger partial charge in [-0.15, -0.1) is 0 Å². The summed E-state index contributed by atoms with van der Waals surface area (Å²) in [4.78, 5) is 23.9. The largest absolute Gasteiger partial charge is 0.385 e. The second-order valence-electron chi connectivity index (χ2n) is 7.51. The number of pyridine rings is 1. The van der Waals surface area contributed by atoms with Crippen molar-refractivity contribution in [2.24, 2.45) is 0 Å². The average molecular weight is 434 g/mol. The van der Waals surface area contributed by atoms with Crippen molar-refractivity contribution in [3.8, 4) is 0 Å². The molecular weight excluding hydrogens is 413 g/mol. The van der Waals surface area contributed by atoms with E-state index in [1.807, 2.05) is 0 Å². The van der Waals surface area contributed by atoms with Crippen LogP contribution in [0.5, 0.6) is 0 Å². The highest BCUT2D eigenvalue weighted by atomic mass is 19.3. The number of aryl methyl sites for hydroxylation is 1. The van der Waals surface area contributed by atoms with Gasteiger partial charge in [0.05, 0.1) is 16.6 Å². The molecule has 1 saturated heterocycles. The lowest BCUT2D eigenvalue weighted by molar-refractivity contribution is -0.0686. The van der Waals surface area contributed by atoms with Gasteiger partial charge in [-0.2, -0.15) is 0 Å². The Labute approximate surface area is 175 Å². The van der Waals surface area contributed by atoms with Gasteiger partial charge in [0, 0.05) is 43.7 Å². The fourth-order valence-corrected chi connectivity index (χ4v) is 3.74. The van der Waals surface area contributed by atoms with Crippen molar-refractivity contribution in [2.75, 3.05) is 18.5 Å². The highest BCUT2D eigenvalue weighted by molar-refractivity contribution is 5.87. The molecule has 0 saturated carbocycles. The van der Waals surface area contributed by atoms with Crippen molar-refractivity contribution in [2.45, 2.75) is 38.3 Å². The number of benzene rings is 1. The molecule has 0 amide bonds. The second kappa shape index (κ2) is 8.27. The van der Waals surface area contributed by atoms with E-state index < -0.39 is 29.0 Å². The number of nitrogens with one attached hydrogen (secondary N) is 2. The van der Waals surface area contributed by atoms with Gasteiger partial charge in [-0.05, 0) is 13.0 Å². The first-order valence-corrected chi connectivity index (χ1v) is 9.80. The van der Waals surface area contributed by atoms with Crippen LogP contribution in [0.25, 0.3) is 11.0 Å². The molecule has 0 unspecified atom stereocenters. The van der Waals surface area contributed by atoms with Crippen molar-refractivity contribution < 1.29 is 23.0 Å². The molecule has 1 aromatic carbocycles. The molecule has 7 nitrogen and oxygen atoms in total. The molecular formula is C21H21F3N4O3. The number of fused-ring (bicyclic) bond motifs is 1. The Morgan fingerprint density at radius 3 is 2.74 bits per heavy atom. The first-order valence-electron chi connectivity index (χ1n) is 9.80. The number of aliphatic hydroxyl groups is 1. The predicted molar refractivity (Wildman–Crippen MR) is 108 cm³/mol. The van der Waals surface area contributed by atoms with Crippen molar-refractivity contribution in [3.63, 3.8) is 0 Å². The summed E-state index contributed by atoms with van der Waals surface area (Å²) in [6.45, 7) is 2.16. The monoisotopic (exact) mass is 434 g/mol. The summed E-state index contributed by atoms with van der Waals surface area (Å²) in [5.74, 6) is -0.340. The standard InChI is InChI=1S/C21H21F3N4O3/c1-11-26-18(25-10-12-3-2-4-13(16(12)22)17(23)24)14-9-15(20(29)28-19(14)27-11)21(30)5-7-31-8-6-21/h2-4,9,17,30H,5-8,10H2,1H3,(H2,25,26,27,28,29). The topological polar surface area (TPSA) is 100 Å². The Bertz CT molecular complexity index is 1180. The van der Waals surface area contributed by atoms with E-state index in [-0.39, 0.29) is 42.0 Å². The second-order valence-corrected chi connectivity index (χ2v) is 7.51. The van der Waals surface area contributed by atoms with Crippen LogP contribution in [-0.4, -0.2) is 33.3 Å². The number of rotatable bonds is 5. The van der Waals surface area contributed by atoms with Crippen LogP contribution in [0.2, 0.25) is 0 Å². The molecule has 1 aliphatic rings. The smallest absolute Gasteiger partial charge is 0.266 e. The normalized spacial score (nSPS) is 16.1. The number of halogens is 3. The van der Waals surface area contributed by atoms with E-state index in [1.165, 1.54) is 18.2 Å². The van der Waals surface area contributed by atoms with Gasteiger partial charge in [0.1, 0.15) is 23.1 Å². The SMILES string of the molecule is Cc1nc(NCc2cccc(C(F)F)c2F)c2cc(C3(O)CCOCC3)c(=O)[nH]c2n1. The number of H-pyrrole nitrogens is 1. The molecule has 164 valence electrons. The lowest BCUT2D eigenvalue weighted by atomic mass is 9.87. The minimum Gasteiger partial charge on any atom is -0.385 e. The fraction of sp³-hybridized carbons (Fsp3) is 0.381. The molecule has 1 aliphatic heterocycles. The number of aromatic amines is 1. The van der Waals surface area contributed by atoms with Gasteiger partial charge >= 0.3 is 0 Å². The van der Waals surface area contributed by atoms with Crippen LogP contribution in [-0.2, 0) is 16.9 Å².